The zero-order valence-corrected chi connectivity index (χ0v) is 10.7. The van der Waals surface area contributed by atoms with Gasteiger partial charge in [0.15, 0.2) is 0 Å². The highest BCUT2D eigenvalue weighted by atomic mass is 35.5. The van der Waals surface area contributed by atoms with E-state index in [-0.39, 0.29) is 5.38 Å². The minimum atomic E-state index is 0.274. The Morgan fingerprint density at radius 2 is 2.06 bits per heavy atom. The Kier molecular flexibility index (Phi) is 4.22. The third-order valence-corrected chi connectivity index (χ3v) is 4.05. The highest BCUT2D eigenvalue weighted by molar-refractivity contribution is 6.20. The number of hydrogen-bond donors (Lipinski definition) is 0. The van der Waals surface area contributed by atoms with Crippen molar-refractivity contribution < 1.29 is 0 Å². The zero-order valence-electron chi connectivity index (χ0n) is 9.95. The summed E-state index contributed by atoms with van der Waals surface area (Å²) in [4.78, 5) is 4.43. The van der Waals surface area contributed by atoms with Crippen LogP contribution in [-0.2, 0) is 6.42 Å². The number of alkyl halides is 1. The van der Waals surface area contributed by atoms with Crippen molar-refractivity contribution in [2.45, 2.75) is 50.8 Å². The van der Waals surface area contributed by atoms with Crippen LogP contribution in [0.5, 0.6) is 0 Å². The van der Waals surface area contributed by atoms with E-state index >= 15 is 0 Å². The number of nitrogens with zero attached hydrogens (tertiary/aromatic N) is 1. The summed E-state index contributed by atoms with van der Waals surface area (Å²) in [6, 6.07) is 4.22. The molecular weight excluding hydrogens is 218 g/mol. The summed E-state index contributed by atoms with van der Waals surface area (Å²) < 4.78 is 0. The van der Waals surface area contributed by atoms with Crippen molar-refractivity contribution in [1.29, 1.82) is 0 Å². The predicted octanol–water partition coefficient (Wildman–Crippen LogP) is 4.12. The molecule has 1 fully saturated rings. The van der Waals surface area contributed by atoms with Crippen LogP contribution in [0.3, 0.4) is 0 Å². The SMILES string of the molecule is Cc1ccc(CC(Cl)C2CCCCC2)nc1. The van der Waals surface area contributed by atoms with Gasteiger partial charge < -0.3 is 0 Å². The van der Waals surface area contributed by atoms with Gasteiger partial charge in [-0.25, -0.2) is 0 Å². The Bertz CT molecular complexity index is 314. The van der Waals surface area contributed by atoms with Gasteiger partial charge in [-0.15, -0.1) is 11.6 Å². The average molecular weight is 238 g/mol. The third kappa shape index (κ3) is 3.21. The molecule has 2 heteroatoms. The molecule has 1 heterocycles. The lowest BCUT2D eigenvalue weighted by atomic mass is 9.85. The fourth-order valence-electron chi connectivity index (χ4n) is 2.48. The number of hydrogen-bond acceptors (Lipinski definition) is 1. The van der Waals surface area contributed by atoms with Crippen LogP contribution in [0.4, 0.5) is 0 Å². The minimum Gasteiger partial charge on any atom is -0.261 e. The van der Waals surface area contributed by atoms with Gasteiger partial charge in [-0.1, -0.05) is 25.3 Å². The number of aryl methyl sites for hydroxylation is 1. The van der Waals surface area contributed by atoms with E-state index in [2.05, 4.69) is 24.0 Å². The van der Waals surface area contributed by atoms with Crippen LogP contribution in [0.15, 0.2) is 18.3 Å². The topological polar surface area (TPSA) is 12.9 Å². The molecule has 16 heavy (non-hydrogen) atoms. The van der Waals surface area contributed by atoms with Crippen molar-refractivity contribution in [2.24, 2.45) is 5.92 Å². The average Bonchev–Trinajstić information content (AvgIpc) is 2.33. The van der Waals surface area contributed by atoms with Crippen LogP contribution >= 0.6 is 11.6 Å². The number of halogens is 1. The Morgan fingerprint density at radius 1 is 1.31 bits per heavy atom. The van der Waals surface area contributed by atoms with E-state index in [1.54, 1.807) is 0 Å². The molecule has 0 saturated heterocycles. The minimum absolute atomic E-state index is 0.274. The number of rotatable bonds is 3. The van der Waals surface area contributed by atoms with E-state index in [1.165, 1.54) is 37.7 Å². The molecule has 88 valence electrons. The van der Waals surface area contributed by atoms with Crippen LogP contribution in [0.1, 0.15) is 43.4 Å². The van der Waals surface area contributed by atoms with Crippen LogP contribution in [0.25, 0.3) is 0 Å². The van der Waals surface area contributed by atoms with Gasteiger partial charge in [0, 0.05) is 23.7 Å². The molecule has 0 amide bonds. The van der Waals surface area contributed by atoms with Crippen LogP contribution in [0, 0.1) is 12.8 Å². The van der Waals surface area contributed by atoms with Crippen LogP contribution in [0.2, 0.25) is 0 Å². The second-order valence-corrected chi connectivity index (χ2v) is 5.51. The molecule has 0 spiro atoms. The molecule has 0 bridgehead atoms. The Morgan fingerprint density at radius 3 is 2.69 bits per heavy atom. The summed E-state index contributed by atoms with van der Waals surface area (Å²) in [5, 5.41) is 0.274. The van der Waals surface area contributed by atoms with Gasteiger partial charge >= 0.3 is 0 Å². The molecule has 1 aliphatic carbocycles. The Labute approximate surface area is 103 Å². The smallest absolute Gasteiger partial charge is 0.0419 e. The molecule has 1 saturated carbocycles. The monoisotopic (exact) mass is 237 g/mol. The van der Waals surface area contributed by atoms with Crippen molar-refractivity contribution in [3.8, 4) is 0 Å². The lowest BCUT2D eigenvalue weighted by molar-refractivity contribution is 0.343. The first-order chi connectivity index (χ1) is 7.75. The van der Waals surface area contributed by atoms with Gasteiger partial charge in [-0.2, -0.15) is 0 Å². The second-order valence-electron chi connectivity index (χ2n) is 4.95. The van der Waals surface area contributed by atoms with Crippen molar-refractivity contribution in [3.63, 3.8) is 0 Å². The van der Waals surface area contributed by atoms with Gasteiger partial charge in [0.2, 0.25) is 0 Å². The van der Waals surface area contributed by atoms with E-state index in [4.69, 9.17) is 11.6 Å². The first kappa shape index (κ1) is 11.9. The molecule has 2 rings (SSSR count). The van der Waals surface area contributed by atoms with Crippen molar-refractivity contribution >= 4 is 11.6 Å². The fraction of sp³-hybridized carbons (Fsp3) is 0.643. The predicted molar refractivity (Wildman–Crippen MR) is 68.9 cm³/mol. The van der Waals surface area contributed by atoms with Gasteiger partial charge in [0.1, 0.15) is 0 Å². The van der Waals surface area contributed by atoms with Crippen molar-refractivity contribution in [3.05, 3.63) is 29.6 Å². The lowest BCUT2D eigenvalue weighted by Crippen LogP contribution is -2.20. The largest absolute Gasteiger partial charge is 0.261 e. The van der Waals surface area contributed by atoms with Crippen molar-refractivity contribution in [1.82, 2.24) is 4.98 Å². The molecule has 1 aliphatic rings. The molecule has 0 radical (unpaired) electrons. The second kappa shape index (κ2) is 5.67. The molecule has 1 nitrogen and oxygen atoms in total. The van der Waals surface area contributed by atoms with Crippen LogP contribution in [-0.4, -0.2) is 10.4 Å². The van der Waals surface area contributed by atoms with Crippen molar-refractivity contribution in [2.75, 3.05) is 0 Å². The molecule has 0 aliphatic heterocycles. The molecule has 1 unspecified atom stereocenters. The first-order valence-corrected chi connectivity index (χ1v) is 6.75. The summed E-state index contributed by atoms with van der Waals surface area (Å²) in [6.07, 6.45) is 9.57. The lowest BCUT2D eigenvalue weighted by Gasteiger charge is -2.25. The van der Waals surface area contributed by atoms with E-state index < -0.39 is 0 Å². The van der Waals surface area contributed by atoms with E-state index in [0.717, 1.165) is 12.1 Å². The summed E-state index contributed by atoms with van der Waals surface area (Å²) in [6.45, 7) is 2.07. The highest BCUT2D eigenvalue weighted by Crippen LogP contribution is 2.30. The summed E-state index contributed by atoms with van der Waals surface area (Å²) in [5.74, 6) is 0.707. The first-order valence-electron chi connectivity index (χ1n) is 6.31. The zero-order chi connectivity index (χ0) is 11.4. The molecule has 1 atom stereocenters. The maximum absolute atomic E-state index is 6.49. The molecule has 0 N–H and O–H groups in total. The number of aromatic nitrogens is 1. The standard InChI is InChI=1S/C14H20ClN/c1-11-7-8-13(16-10-11)9-14(15)12-5-3-2-4-6-12/h7-8,10,12,14H,2-6,9H2,1H3. The number of pyridine rings is 1. The van der Waals surface area contributed by atoms with Gasteiger partial charge in [0.25, 0.3) is 0 Å². The quantitative estimate of drug-likeness (QED) is 0.721. The maximum Gasteiger partial charge on any atom is 0.0419 e. The summed E-state index contributed by atoms with van der Waals surface area (Å²) >= 11 is 6.49. The highest BCUT2D eigenvalue weighted by Gasteiger charge is 2.22. The van der Waals surface area contributed by atoms with Gasteiger partial charge in [-0.05, 0) is 37.3 Å². The summed E-state index contributed by atoms with van der Waals surface area (Å²) in [7, 11) is 0. The third-order valence-electron chi connectivity index (χ3n) is 3.54. The fourth-order valence-corrected chi connectivity index (χ4v) is 2.89. The Hall–Kier alpha value is -0.560. The maximum atomic E-state index is 6.49. The molecule has 1 aromatic heterocycles. The molecule has 0 aromatic carbocycles. The molecular formula is C14H20ClN. The van der Waals surface area contributed by atoms with Crippen LogP contribution < -0.4 is 0 Å². The summed E-state index contributed by atoms with van der Waals surface area (Å²) in [5.41, 5.74) is 2.35. The van der Waals surface area contributed by atoms with E-state index in [1.807, 2.05) is 6.20 Å². The normalized spacial score (nSPS) is 19.6. The molecule has 1 aromatic rings. The van der Waals surface area contributed by atoms with Gasteiger partial charge in [0.05, 0.1) is 0 Å². The Balaban J connectivity index is 1.90. The van der Waals surface area contributed by atoms with Gasteiger partial charge in [-0.3, -0.25) is 4.98 Å². The van der Waals surface area contributed by atoms with E-state index in [9.17, 15) is 0 Å². The van der Waals surface area contributed by atoms with E-state index in [0.29, 0.717) is 5.92 Å².